The Morgan fingerprint density at radius 1 is 1.25 bits per heavy atom. The summed E-state index contributed by atoms with van der Waals surface area (Å²) in [6.07, 6.45) is 3.21. The predicted molar refractivity (Wildman–Crippen MR) is 49.2 cm³/mol. The van der Waals surface area contributed by atoms with Gasteiger partial charge in [0.2, 0.25) is 0 Å². The van der Waals surface area contributed by atoms with Crippen LogP contribution < -0.4 is 0 Å². The zero-order valence-electron chi connectivity index (χ0n) is 8.38. The predicted octanol–water partition coefficient (Wildman–Crippen LogP) is 2.23. The van der Waals surface area contributed by atoms with Crippen molar-refractivity contribution in [1.82, 2.24) is 0 Å². The van der Waals surface area contributed by atoms with Crippen LogP contribution in [0.5, 0.6) is 0 Å². The van der Waals surface area contributed by atoms with Crippen LogP contribution in [0.1, 0.15) is 33.6 Å². The van der Waals surface area contributed by atoms with Crippen molar-refractivity contribution >= 4 is 0 Å². The number of hydrogen-bond donors (Lipinski definition) is 0. The molecule has 0 aromatic rings. The summed E-state index contributed by atoms with van der Waals surface area (Å²) >= 11 is 0. The summed E-state index contributed by atoms with van der Waals surface area (Å²) in [6.45, 7) is 8.24. The summed E-state index contributed by atoms with van der Waals surface area (Å²) in [5.74, 6) is 0.623. The van der Waals surface area contributed by atoms with E-state index in [1.807, 2.05) is 0 Å². The first-order valence-corrected chi connectivity index (χ1v) is 5.02. The van der Waals surface area contributed by atoms with Gasteiger partial charge in [0.1, 0.15) is 0 Å². The van der Waals surface area contributed by atoms with Crippen molar-refractivity contribution in [3.63, 3.8) is 0 Å². The summed E-state index contributed by atoms with van der Waals surface area (Å²) in [6, 6.07) is 0. The molecule has 3 atom stereocenters. The van der Waals surface area contributed by atoms with Crippen molar-refractivity contribution in [3.8, 4) is 0 Å². The summed E-state index contributed by atoms with van der Waals surface area (Å²) < 4.78 is 10.9. The molecule has 0 N–H and O–H groups in total. The molecule has 0 aliphatic carbocycles. The third-order valence-electron chi connectivity index (χ3n) is 2.21. The maximum atomic E-state index is 5.46. The van der Waals surface area contributed by atoms with E-state index in [2.05, 4.69) is 20.8 Å². The fourth-order valence-electron chi connectivity index (χ4n) is 1.67. The van der Waals surface area contributed by atoms with E-state index in [1.165, 1.54) is 6.42 Å². The average Bonchev–Trinajstić information content (AvgIpc) is 2.57. The highest BCUT2D eigenvalue weighted by Crippen LogP contribution is 2.29. The molecular weight excluding hydrogens is 152 g/mol. The molecule has 2 rings (SSSR count). The van der Waals surface area contributed by atoms with Crippen molar-refractivity contribution in [2.75, 3.05) is 13.2 Å². The van der Waals surface area contributed by atoms with Gasteiger partial charge in [0.05, 0.1) is 18.8 Å². The van der Waals surface area contributed by atoms with E-state index in [4.69, 9.17) is 9.47 Å². The molecule has 2 fully saturated rings. The van der Waals surface area contributed by atoms with Crippen LogP contribution >= 0.6 is 0 Å². The Morgan fingerprint density at radius 3 is 2.50 bits per heavy atom. The standard InChI is InChI=1S/C7H12O2.C3H8/c1-5-4-9-6-2-3-8-7(5)6;1-3-2/h5-7H,2-4H2,1H3;3H2,1-2H3/t5?,6-,7-;/m1./s1. The summed E-state index contributed by atoms with van der Waals surface area (Å²) in [5.41, 5.74) is 0. The molecule has 72 valence electrons. The Kier molecular flexibility index (Phi) is 4.02. The monoisotopic (exact) mass is 172 g/mol. The van der Waals surface area contributed by atoms with Crippen LogP contribution in [0.2, 0.25) is 0 Å². The highest BCUT2D eigenvalue weighted by atomic mass is 16.6. The van der Waals surface area contributed by atoms with Gasteiger partial charge in [-0.3, -0.25) is 0 Å². The zero-order valence-corrected chi connectivity index (χ0v) is 8.38. The number of rotatable bonds is 0. The zero-order chi connectivity index (χ0) is 8.97. The normalized spacial score (nSPS) is 38.8. The van der Waals surface area contributed by atoms with Gasteiger partial charge >= 0.3 is 0 Å². The largest absolute Gasteiger partial charge is 0.375 e. The fraction of sp³-hybridized carbons (Fsp3) is 1.00. The Morgan fingerprint density at radius 2 is 1.92 bits per heavy atom. The molecule has 0 radical (unpaired) electrons. The lowest BCUT2D eigenvalue weighted by molar-refractivity contribution is 0.0658. The second-order valence-electron chi connectivity index (χ2n) is 3.68. The Bertz CT molecular complexity index is 125. The maximum absolute atomic E-state index is 5.46. The number of fused-ring (bicyclic) bond motifs is 1. The van der Waals surface area contributed by atoms with E-state index < -0.39 is 0 Å². The SMILES string of the molecule is CC1CO[C@@H]2CCO[C@H]12.CCC. The second kappa shape index (κ2) is 4.83. The third-order valence-corrected chi connectivity index (χ3v) is 2.21. The van der Waals surface area contributed by atoms with Crippen molar-refractivity contribution in [1.29, 1.82) is 0 Å². The van der Waals surface area contributed by atoms with Crippen molar-refractivity contribution in [2.24, 2.45) is 5.92 Å². The number of ether oxygens (including phenoxy) is 2. The van der Waals surface area contributed by atoms with Gasteiger partial charge in [-0.2, -0.15) is 0 Å². The molecule has 12 heavy (non-hydrogen) atoms. The summed E-state index contributed by atoms with van der Waals surface area (Å²) in [5, 5.41) is 0. The molecule has 0 spiro atoms. The van der Waals surface area contributed by atoms with E-state index in [0.29, 0.717) is 18.1 Å². The number of hydrogen-bond acceptors (Lipinski definition) is 2. The molecule has 0 amide bonds. The van der Waals surface area contributed by atoms with Crippen molar-refractivity contribution < 1.29 is 9.47 Å². The quantitative estimate of drug-likeness (QED) is 0.558. The molecule has 0 aromatic heterocycles. The van der Waals surface area contributed by atoms with E-state index >= 15 is 0 Å². The fourth-order valence-corrected chi connectivity index (χ4v) is 1.67. The minimum absolute atomic E-state index is 0.421. The minimum atomic E-state index is 0.421. The molecule has 2 aliphatic rings. The first kappa shape index (κ1) is 10.0. The third kappa shape index (κ3) is 2.20. The highest BCUT2D eigenvalue weighted by molar-refractivity contribution is 4.86. The van der Waals surface area contributed by atoms with Gasteiger partial charge in [0.25, 0.3) is 0 Å². The van der Waals surface area contributed by atoms with Gasteiger partial charge in [-0.15, -0.1) is 0 Å². The molecule has 2 heterocycles. The van der Waals surface area contributed by atoms with Crippen LogP contribution in [0.25, 0.3) is 0 Å². The summed E-state index contributed by atoms with van der Waals surface area (Å²) in [4.78, 5) is 0. The van der Waals surface area contributed by atoms with E-state index in [1.54, 1.807) is 0 Å². The van der Waals surface area contributed by atoms with Crippen LogP contribution in [0.15, 0.2) is 0 Å². The lowest BCUT2D eigenvalue weighted by Gasteiger charge is -2.08. The van der Waals surface area contributed by atoms with Crippen LogP contribution in [0.4, 0.5) is 0 Å². The first-order valence-electron chi connectivity index (χ1n) is 5.02. The topological polar surface area (TPSA) is 18.5 Å². The Hall–Kier alpha value is -0.0800. The Balaban J connectivity index is 0.000000213. The summed E-state index contributed by atoms with van der Waals surface area (Å²) in [7, 11) is 0. The molecule has 0 saturated carbocycles. The molecular formula is C10H20O2. The van der Waals surface area contributed by atoms with E-state index in [-0.39, 0.29) is 0 Å². The van der Waals surface area contributed by atoms with Crippen molar-refractivity contribution in [3.05, 3.63) is 0 Å². The second-order valence-corrected chi connectivity index (χ2v) is 3.68. The molecule has 1 unspecified atom stereocenters. The van der Waals surface area contributed by atoms with Crippen LogP contribution in [0.3, 0.4) is 0 Å². The van der Waals surface area contributed by atoms with Gasteiger partial charge in [-0.1, -0.05) is 27.2 Å². The van der Waals surface area contributed by atoms with E-state index in [0.717, 1.165) is 19.6 Å². The lowest BCUT2D eigenvalue weighted by atomic mass is 10.1. The molecule has 2 nitrogen and oxygen atoms in total. The van der Waals surface area contributed by atoms with E-state index in [9.17, 15) is 0 Å². The average molecular weight is 172 g/mol. The lowest BCUT2D eigenvalue weighted by Crippen LogP contribution is -2.19. The molecule has 2 saturated heterocycles. The highest BCUT2D eigenvalue weighted by Gasteiger charge is 2.38. The van der Waals surface area contributed by atoms with Gasteiger partial charge < -0.3 is 9.47 Å². The van der Waals surface area contributed by atoms with Crippen LogP contribution in [0, 0.1) is 5.92 Å². The molecule has 0 bridgehead atoms. The van der Waals surface area contributed by atoms with Crippen molar-refractivity contribution in [2.45, 2.75) is 45.8 Å². The molecule has 2 aliphatic heterocycles. The van der Waals surface area contributed by atoms with Gasteiger partial charge in [-0.25, -0.2) is 0 Å². The van der Waals surface area contributed by atoms with Crippen LogP contribution in [-0.2, 0) is 9.47 Å². The smallest absolute Gasteiger partial charge is 0.0884 e. The minimum Gasteiger partial charge on any atom is -0.375 e. The maximum Gasteiger partial charge on any atom is 0.0884 e. The van der Waals surface area contributed by atoms with Gasteiger partial charge in [0, 0.05) is 12.5 Å². The molecule has 0 aromatic carbocycles. The molecule has 2 heteroatoms. The van der Waals surface area contributed by atoms with Crippen LogP contribution in [-0.4, -0.2) is 25.4 Å². The van der Waals surface area contributed by atoms with Gasteiger partial charge in [-0.05, 0) is 6.42 Å². The van der Waals surface area contributed by atoms with Gasteiger partial charge in [0.15, 0.2) is 0 Å². The first-order chi connectivity index (χ1) is 5.79. The Labute approximate surface area is 75.2 Å².